The lowest BCUT2D eigenvalue weighted by molar-refractivity contribution is -0.160. The molecular weight excluding hydrogens is 591 g/mol. The molecule has 230 valence electrons. The van der Waals surface area contributed by atoms with Crippen molar-refractivity contribution < 1.29 is 43.2 Å². The van der Waals surface area contributed by atoms with Gasteiger partial charge >= 0.3 is 13.6 Å². The van der Waals surface area contributed by atoms with Crippen LogP contribution in [0.5, 0.6) is 0 Å². The van der Waals surface area contributed by atoms with Crippen molar-refractivity contribution in [1.82, 2.24) is 14.5 Å². The van der Waals surface area contributed by atoms with Crippen LogP contribution in [-0.2, 0) is 28.1 Å². The fourth-order valence-corrected chi connectivity index (χ4v) is 5.19. The van der Waals surface area contributed by atoms with Crippen molar-refractivity contribution in [2.45, 2.75) is 58.3 Å². The molecule has 3 N–H and O–H groups in total. The van der Waals surface area contributed by atoms with E-state index < -0.39 is 56.7 Å². The van der Waals surface area contributed by atoms with Crippen molar-refractivity contribution in [2.24, 2.45) is 5.41 Å². The summed E-state index contributed by atoms with van der Waals surface area (Å²) in [4.78, 5) is 32.5. The first-order valence-electron chi connectivity index (χ1n) is 13.2. The molecule has 1 aliphatic heterocycles. The minimum Gasteiger partial charge on any atom is -0.438 e. The van der Waals surface area contributed by atoms with Gasteiger partial charge in [-0.3, -0.25) is 13.9 Å². The first kappa shape index (κ1) is 32.3. The van der Waals surface area contributed by atoms with Gasteiger partial charge in [-0.1, -0.05) is 30.3 Å². The van der Waals surface area contributed by atoms with E-state index in [2.05, 4.69) is 9.97 Å². The van der Waals surface area contributed by atoms with Crippen LogP contribution < -0.4 is 4.90 Å². The number of nitrogens with zero attached hydrogens (tertiary/aromatic N) is 4. The van der Waals surface area contributed by atoms with Gasteiger partial charge in [0, 0.05) is 13.2 Å². The van der Waals surface area contributed by atoms with Gasteiger partial charge in [0.15, 0.2) is 6.23 Å². The molecule has 1 aromatic carbocycles. The van der Waals surface area contributed by atoms with E-state index in [-0.39, 0.29) is 17.9 Å². The average Bonchev–Trinajstić information content (AvgIpc) is 3.47. The summed E-state index contributed by atoms with van der Waals surface area (Å²) in [6, 6.07) is 11.6. The lowest BCUT2D eigenvalue weighted by Gasteiger charge is -2.27. The molecule has 4 rings (SSSR count). The summed E-state index contributed by atoms with van der Waals surface area (Å²) in [6.07, 6.45) is -3.95. The number of fused-ring (bicyclic) bond motifs is 1. The van der Waals surface area contributed by atoms with Crippen molar-refractivity contribution in [3.63, 3.8) is 0 Å². The number of aromatic nitrogens is 3. The van der Waals surface area contributed by atoms with Gasteiger partial charge in [-0.15, -0.1) is 0 Å². The Labute approximate surface area is 248 Å². The van der Waals surface area contributed by atoms with E-state index in [1.54, 1.807) is 37.6 Å². The van der Waals surface area contributed by atoms with Gasteiger partial charge in [-0.05, 0) is 50.9 Å². The highest BCUT2D eigenvalue weighted by Gasteiger charge is 2.44. The summed E-state index contributed by atoms with van der Waals surface area (Å²) >= 11 is 6.31. The van der Waals surface area contributed by atoms with Crippen LogP contribution in [0.4, 0.5) is 5.82 Å². The fourth-order valence-electron chi connectivity index (χ4n) is 4.40. The molecule has 3 aromatic rings. The summed E-state index contributed by atoms with van der Waals surface area (Å²) in [5.74, 6) is -0.0283. The lowest BCUT2D eigenvalue weighted by Crippen LogP contribution is -2.34. The molecular formula is C27H36ClN4O9P. The Morgan fingerprint density at radius 2 is 1.88 bits per heavy atom. The summed E-state index contributed by atoms with van der Waals surface area (Å²) < 4.78 is 34.6. The first-order valence-corrected chi connectivity index (χ1v) is 15.4. The van der Waals surface area contributed by atoms with Gasteiger partial charge in [0.1, 0.15) is 36.1 Å². The van der Waals surface area contributed by atoms with Gasteiger partial charge in [0.25, 0.3) is 0 Å². The van der Waals surface area contributed by atoms with Crippen molar-refractivity contribution >= 4 is 42.0 Å². The minimum atomic E-state index is -4.28. The molecule has 1 saturated heterocycles. The highest BCUT2D eigenvalue weighted by molar-refractivity contribution is 7.52. The molecule has 1 unspecified atom stereocenters. The molecule has 1 aliphatic rings. The maximum absolute atomic E-state index is 12.2. The Hall–Kier alpha value is -2.61. The number of rotatable bonds is 11. The molecule has 1 fully saturated rings. The predicted molar refractivity (Wildman–Crippen MR) is 154 cm³/mol. The number of carbonyl (C=O) groups is 1. The van der Waals surface area contributed by atoms with Gasteiger partial charge in [0.2, 0.25) is 12.1 Å². The Balaban J connectivity index is 1.42. The maximum atomic E-state index is 12.2. The number of ether oxygens (including phenoxy) is 3. The minimum absolute atomic E-state index is 0.00985. The van der Waals surface area contributed by atoms with Crippen molar-refractivity contribution in [2.75, 3.05) is 31.7 Å². The number of carbonyl (C=O) groups excluding carboxylic acids is 1. The Morgan fingerprint density at radius 3 is 2.55 bits per heavy atom. The molecule has 0 bridgehead atoms. The van der Waals surface area contributed by atoms with E-state index in [0.717, 1.165) is 5.56 Å². The van der Waals surface area contributed by atoms with Crippen LogP contribution >= 0.6 is 19.2 Å². The number of hydrogen-bond acceptors (Lipinski definition) is 11. The monoisotopic (exact) mass is 626 g/mol. The molecule has 0 saturated carbocycles. The van der Waals surface area contributed by atoms with Crippen molar-refractivity contribution in [1.29, 1.82) is 0 Å². The Bertz CT molecular complexity index is 1430. The van der Waals surface area contributed by atoms with Crippen LogP contribution in [0.25, 0.3) is 11.0 Å². The van der Waals surface area contributed by atoms with Crippen LogP contribution in [0.1, 0.15) is 45.5 Å². The summed E-state index contributed by atoms with van der Waals surface area (Å²) in [5.41, 5.74) is 0.659. The Morgan fingerprint density at radius 1 is 1.19 bits per heavy atom. The zero-order valence-electron chi connectivity index (χ0n) is 24.0. The zero-order chi connectivity index (χ0) is 30.8. The third kappa shape index (κ3) is 7.29. The largest absolute Gasteiger partial charge is 0.438 e. The number of aliphatic hydroxyl groups excluding tert-OH is 2. The zero-order valence-corrected chi connectivity index (χ0v) is 25.6. The second-order valence-corrected chi connectivity index (χ2v) is 13.2. The van der Waals surface area contributed by atoms with Crippen LogP contribution in [0.15, 0.2) is 42.6 Å². The number of aliphatic hydroxyl groups is 2. The smallest absolute Gasteiger partial charge is 0.356 e. The molecule has 15 heteroatoms. The summed E-state index contributed by atoms with van der Waals surface area (Å²) in [7, 11) is -2.39. The van der Waals surface area contributed by atoms with Crippen LogP contribution in [-0.4, -0.2) is 80.7 Å². The van der Waals surface area contributed by atoms with E-state index in [1.807, 2.05) is 49.2 Å². The summed E-state index contributed by atoms with van der Waals surface area (Å²) in [5, 5.41) is 22.1. The highest BCUT2D eigenvalue weighted by atomic mass is 35.5. The second kappa shape index (κ2) is 12.9. The van der Waals surface area contributed by atoms with Gasteiger partial charge in [0.05, 0.1) is 23.4 Å². The molecule has 0 radical (unpaired) electrons. The maximum Gasteiger partial charge on any atom is 0.356 e. The molecule has 3 heterocycles. The number of halogens is 1. The predicted octanol–water partition coefficient (Wildman–Crippen LogP) is 3.62. The quantitative estimate of drug-likeness (QED) is 0.123. The molecule has 6 atom stereocenters. The second-order valence-electron chi connectivity index (χ2n) is 11.1. The van der Waals surface area contributed by atoms with E-state index in [1.165, 1.54) is 0 Å². The number of esters is 1. The molecule has 2 aromatic heterocycles. The first-order chi connectivity index (χ1) is 19.7. The molecule has 0 amide bonds. The van der Waals surface area contributed by atoms with E-state index in [9.17, 15) is 24.5 Å². The van der Waals surface area contributed by atoms with E-state index in [4.69, 9.17) is 30.3 Å². The van der Waals surface area contributed by atoms with Crippen LogP contribution in [0, 0.1) is 5.41 Å². The topological polar surface area (TPSA) is 166 Å². The number of benzene rings is 1. The van der Waals surface area contributed by atoms with Gasteiger partial charge < -0.3 is 38.8 Å². The Kier molecular flexibility index (Phi) is 9.96. The van der Waals surface area contributed by atoms with Crippen LogP contribution in [0.3, 0.4) is 0 Å². The molecule has 42 heavy (non-hydrogen) atoms. The average molecular weight is 627 g/mol. The van der Waals surface area contributed by atoms with Crippen molar-refractivity contribution in [3.8, 4) is 0 Å². The van der Waals surface area contributed by atoms with Crippen molar-refractivity contribution in [3.05, 3.63) is 53.4 Å². The molecule has 0 spiro atoms. The lowest BCUT2D eigenvalue weighted by atomic mass is 9.98. The molecule has 0 aliphatic carbocycles. The van der Waals surface area contributed by atoms with E-state index >= 15 is 0 Å². The number of hydrogen-bond donors (Lipinski definition) is 3. The molecule has 13 nitrogen and oxygen atoms in total. The summed E-state index contributed by atoms with van der Waals surface area (Å²) in [6.45, 7) is 5.88. The number of anilines is 1. The van der Waals surface area contributed by atoms with Crippen LogP contribution in [0.2, 0.25) is 5.28 Å². The SMILES string of the molecule is C[C@H](c1ccccc1)N(C)c1nc(Cl)nc2c1ccn2[C@@H]1O[C@H](COCP(=O)(O)OCOC(=O)C(C)(C)C)[C@@H](O)[C@H]1O. The third-order valence-corrected chi connectivity index (χ3v) is 8.11. The van der Waals surface area contributed by atoms with E-state index in [0.29, 0.717) is 16.9 Å². The standard InChI is InChI=1S/C27H36ClN4O9P/c1-16(17-9-7-6-8-10-17)31(5)22-18-11-12-32(23(18)30-26(28)29-22)24-21(34)20(33)19(41-24)13-38-15-42(36,37)40-14-39-25(35)27(2,3)4/h6-12,16,19-21,24,33-34H,13-15H2,1-5H3,(H,36,37)/t16-,19-,20-,21-,24-/m1/s1. The fraction of sp³-hybridized carbons (Fsp3) is 0.519. The van der Waals surface area contributed by atoms with Gasteiger partial charge in [-0.25, -0.2) is 0 Å². The highest BCUT2D eigenvalue weighted by Crippen LogP contribution is 2.42. The normalized spacial score (nSPS) is 23.1. The third-order valence-electron chi connectivity index (χ3n) is 6.93. The van der Waals surface area contributed by atoms with Gasteiger partial charge in [-0.2, -0.15) is 9.97 Å².